The van der Waals surface area contributed by atoms with Crippen LogP contribution in [0, 0.1) is 0 Å². The van der Waals surface area contributed by atoms with Crippen LogP contribution in [0.2, 0.25) is 0 Å². The molecule has 0 spiro atoms. The van der Waals surface area contributed by atoms with E-state index in [1.165, 1.54) is 30.3 Å². The molecule has 0 saturated heterocycles. The zero-order valence-corrected chi connectivity index (χ0v) is 11.0. The van der Waals surface area contributed by atoms with E-state index >= 15 is 0 Å². The first-order valence-electron chi connectivity index (χ1n) is 4.90. The smallest absolute Gasteiger partial charge is 0.423 e. The second-order valence-corrected chi connectivity index (χ2v) is 6.06. The maximum absolute atomic E-state index is 12.1. The maximum Gasteiger partial charge on any atom is 0.524 e. The van der Waals surface area contributed by atoms with Crippen LogP contribution < -0.4 is 5.63 Å². The molecule has 0 atom stereocenters. The Morgan fingerprint density at radius 1 is 1.15 bits per heavy atom. The summed E-state index contributed by atoms with van der Waals surface area (Å²) in [4.78, 5) is 11.0. The van der Waals surface area contributed by atoms with E-state index in [-0.39, 0.29) is 22.5 Å². The summed E-state index contributed by atoms with van der Waals surface area (Å²) in [6, 6.07) is 6.62. The van der Waals surface area contributed by atoms with Crippen LogP contribution in [0.4, 0.5) is 13.2 Å². The van der Waals surface area contributed by atoms with Crippen molar-refractivity contribution in [2.45, 2.75) is 10.4 Å². The summed E-state index contributed by atoms with van der Waals surface area (Å²) in [5, 5.41) is 0.535. The fourth-order valence-corrected chi connectivity index (χ4v) is 2.48. The Kier molecular flexibility index (Phi) is 3.80. The van der Waals surface area contributed by atoms with E-state index in [0.717, 1.165) is 0 Å². The van der Waals surface area contributed by atoms with Gasteiger partial charge in [-0.15, -0.1) is 0 Å². The molecule has 1 aromatic heterocycles. The van der Waals surface area contributed by atoms with Gasteiger partial charge in [0.25, 0.3) is 0 Å². The average Bonchev–Trinajstić information content (AvgIpc) is 2.34. The Morgan fingerprint density at radius 2 is 1.80 bits per heavy atom. The van der Waals surface area contributed by atoms with Gasteiger partial charge in [-0.05, 0) is 18.2 Å². The fraction of sp³-hybridized carbons (Fsp3) is 0.100. The second-order valence-electron chi connectivity index (χ2n) is 3.51. The van der Waals surface area contributed by atoms with Crippen molar-refractivity contribution in [1.29, 1.82) is 0 Å². The van der Waals surface area contributed by atoms with Gasteiger partial charge in [0.15, 0.2) is 0 Å². The molecule has 0 saturated carbocycles. The number of benzene rings is 1. The maximum atomic E-state index is 12.1. The Morgan fingerprint density at radius 3 is 2.45 bits per heavy atom. The van der Waals surface area contributed by atoms with Crippen molar-refractivity contribution < 1.29 is 29.6 Å². The molecule has 0 amide bonds. The summed E-state index contributed by atoms with van der Waals surface area (Å²) in [6.07, 6.45) is 0. The molecule has 1 heterocycles. The van der Waals surface area contributed by atoms with Crippen LogP contribution in [0.5, 0.6) is 0 Å². The highest BCUT2D eigenvalue weighted by atomic mass is 32.3. The highest BCUT2D eigenvalue weighted by Gasteiger charge is 2.47. The summed E-state index contributed by atoms with van der Waals surface area (Å²) >= 11 is 0.00493. The van der Waals surface area contributed by atoms with E-state index in [9.17, 15) is 26.4 Å². The predicted molar refractivity (Wildman–Crippen MR) is 64.4 cm³/mol. The van der Waals surface area contributed by atoms with Gasteiger partial charge in [0, 0.05) is 16.3 Å². The summed E-state index contributed by atoms with van der Waals surface area (Å²) in [7, 11) is -5.69. The third kappa shape index (κ3) is 3.14. The largest absolute Gasteiger partial charge is 0.524 e. The summed E-state index contributed by atoms with van der Waals surface area (Å²) in [6.45, 7) is 0. The van der Waals surface area contributed by atoms with Gasteiger partial charge >= 0.3 is 21.3 Å². The molecule has 0 fully saturated rings. The van der Waals surface area contributed by atoms with E-state index in [4.69, 9.17) is 4.42 Å². The molecule has 0 aliphatic heterocycles. The first-order valence-corrected chi connectivity index (χ1v) is 7.05. The standard InChI is InChI=1S/C10H5F3O5S2/c11-10(12,13)20(15,16)18-19-7-3-1-6-2-4-9(14)17-8(6)5-7/h1-5H. The van der Waals surface area contributed by atoms with Crippen LogP contribution in [0.15, 0.2) is 44.4 Å². The number of rotatable bonds is 3. The van der Waals surface area contributed by atoms with Gasteiger partial charge < -0.3 is 4.42 Å². The molecule has 0 unspecified atom stereocenters. The van der Waals surface area contributed by atoms with Crippen molar-refractivity contribution in [3.05, 3.63) is 40.8 Å². The van der Waals surface area contributed by atoms with Crippen LogP contribution in [0.3, 0.4) is 0 Å². The SMILES string of the molecule is O=c1ccc2ccc(SOS(=O)(=O)C(F)(F)F)cc2o1. The zero-order chi connectivity index (χ0) is 15.0. The molecule has 0 radical (unpaired) electrons. The lowest BCUT2D eigenvalue weighted by atomic mass is 10.2. The normalized spacial score (nSPS) is 12.8. The highest BCUT2D eigenvalue weighted by molar-refractivity contribution is 8.04. The molecule has 20 heavy (non-hydrogen) atoms. The first-order chi connectivity index (χ1) is 9.19. The molecule has 0 N–H and O–H groups in total. The highest BCUT2D eigenvalue weighted by Crippen LogP contribution is 2.32. The van der Waals surface area contributed by atoms with E-state index in [1.807, 2.05) is 0 Å². The van der Waals surface area contributed by atoms with Crippen LogP contribution >= 0.6 is 12.0 Å². The van der Waals surface area contributed by atoms with Gasteiger partial charge in [-0.25, -0.2) is 4.79 Å². The van der Waals surface area contributed by atoms with Crippen LogP contribution in [0.25, 0.3) is 11.0 Å². The molecule has 0 bridgehead atoms. The molecule has 0 aliphatic carbocycles. The average molecular weight is 326 g/mol. The minimum absolute atomic E-state index is 0.00493. The molecule has 10 heteroatoms. The Hall–Kier alpha value is -1.52. The predicted octanol–water partition coefficient (Wildman–Crippen LogP) is 2.67. The van der Waals surface area contributed by atoms with Gasteiger partial charge in [0.2, 0.25) is 0 Å². The van der Waals surface area contributed by atoms with Crippen molar-refractivity contribution in [1.82, 2.24) is 0 Å². The summed E-state index contributed by atoms with van der Waals surface area (Å²) in [5.74, 6) is 0. The number of hydrogen-bond donors (Lipinski definition) is 0. The zero-order valence-electron chi connectivity index (χ0n) is 9.38. The van der Waals surface area contributed by atoms with E-state index in [1.54, 1.807) is 0 Å². The molecule has 0 aliphatic rings. The van der Waals surface area contributed by atoms with Crippen molar-refractivity contribution in [3.8, 4) is 0 Å². The van der Waals surface area contributed by atoms with Gasteiger partial charge in [0.05, 0.1) is 12.0 Å². The molecule has 108 valence electrons. The number of fused-ring (bicyclic) bond motifs is 1. The molecule has 1 aromatic carbocycles. The van der Waals surface area contributed by atoms with Crippen LogP contribution in [-0.4, -0.2) is 13.9 Å². The minimum Gasteiger partial charge on any atom is -0.423 e. The van der Waals surface area contributed by atoms with Gasteiger partial charge in [-0.2, -0.15) is 25.2 Å². The van der Waals surface area contributed by atoms with Crippen LogP contribution in [0.1, 0.15) is 0 Å². The lowest BCUT2D eigenvalue weighted by Gasteiger charge is -2.07. The minimum atomic E-state index is -5.69. The Labute approximate surface area is 114 Å². The molecule has 5 nitrogen and oxygen atoms in total. The third-order valence-electron chi connectivity index (χ3n) is 2.10. The van der Waals surface area contributed by atoms with Crippen molar-refractivity contribution in [2.24, 2.45) is 0 Å². The summed E-state index contributed by atoms with van der Waals surface area (Å²) < 4.78 is 66.2. The van der Waals surface area contributed by atoms with E-state index in [0.29, 0.717) is 5.39 Å². The summed E-state index contributed by atoms with van der Waals surface area (Å²) in [5.41, 5.74) is -6.03. The first kappa shape index (κ1) is 14.9. The van der Waals surface area contributed by atoms with E-state index in [2.05, 4.69) is 3.63 Å². The van der Waals surface area contributed by atoms with Gasteiger partial charge in [-0.1, -0.05) is 6.07 Å². The van der Waals surface area contributed by atoms with Crippen LogP contribution in [-0.2, 0) is 13.7 Å². The molecular formula is C10H5F3O5S2. The van der Waals surface area contributed by atoms with Crippen molar-refractivity contribution in [3.63, 3.8) is 0 Å². The third-order valence-corrected chi connectivity index (χ3v) is 4.10. The van der Waals surface area contributed by atoms with Gasteiger partial charge in [0.1, 0.15) is 5.58 Å². The topological polar surface area (TPSA) is 73.6 Å². The lowest BCUT2D eigenvalue weighted by molar-refractivity contribution is -0.0494. The van der Waals surface area contributed by atoms with Crippen molar-refractivity contribution >= 4 is 33.1 Å². The van der Waals surface area contributed by atoms with Crippen molar-refractivity contribution in [2.75, 3.05) is 0 Å². The molecule has 2 rings (SSSR count). The quantitative estimate of drug-likeness (QED) is 0.490. The number of alkyl halides is 3. The Balaban J connectivity index is 2.25. The van der Waals surface area contributed by atoms with Gasteiger partial charge in [-0.3, -0.25) is 0 Å². The lowest BCUT2D eigenvalue weighted by Crippen LogP contribution is -2.23. The Bertz CT molecular complexity index is 794. The fourth-order valence-electron chi connectivity index (χ4n) is 1.22. The molecule has 2 aromatic rings. The van der Waals surface area contributed by atoms with E-state index < -0.39 is 21.3 Å². The molecular weight excluding hydrogens is 321 g/mol. The number of halogens is 3. The second kappa shape index (κ2) is 5.11. The monoisotopic (exact) mass is 326 g/mol. The number of hydrogen-bond acceptors (Lipinski definition) is 6.